The van der Waals surface area contributed by atoms with Gasteiger partial charge in [0.1, 0.15) is 11.2 Å². The number of carboxylic acids is 2. The highest BCUT2D eigenvalue weighted by molar-refractivity contribution is 6.03. The van der Waals surface area contributed by atoms with Gasteiger partial charge in [-0.15, -0.1) is 0 Å². The molecule has 0 unspecified atom stereocenters. The summed E-state index contributed by atoms with van der Waals surface area (Å²) in [5, 5.41) is 21.9. The molecule has 0 radical (unpaired) electrons. The van der Waals surface area contributed by atoms with Crippen molar-refractivity contribution < 1.29 is 38.9 Å². The number of rotatable bonds is 7. The van der Waals surface area contributed by atoms with Crippen LogP contribution in [-0.2, 0) is 28.7 Å². The minimum Gasteiger partial charge on any atom is -0.550 e. The van der Waals surface area contributed by atoms with Crippen LogP contribution < -0.4 is 10.2 Å². The third kappa shape index (κ3) is 7.43. The first-order valence-corrected chi connectivity index (χ1v) is 7.46. The van der Waals surface area contributed by atoms with Crippen molar-refractivity contribution in [2.45, 2.75) is 72.0 Å². The summed E-state index contributed by atoms with van der Waals surface area (Å²) in [6.07, 6.45) is -2.40. The van der Waals surface area contributed by atoms with E-state index in [0.29, 0.717) is 0 Å². The number of hydrogen-bond acceptors (Lipinski definition) is 8. The summed E-state index contributed by atoms with van der Waals surface area (Å²) in [6, 6.07) is 0. The Morgan fingerprint density at radius 3 is 1.38 bits per heavy atom. The average molecular weight is 344 g/mol. The number of carbonyl (C=O) groups is 4. The molecule has 8 nitrogen and oxygen atoms in total. The minimum absolute atomic E-state index is 0.632. The molecule has 0 aliphatic heterocycles. The van der Waals surface area contributed by atoms with Crippen LogP contribution in [0.3, 0.4) is 0 Å². The highest BCUT2D eigenvalue weighted by atomic mass is 16.6. The first-order chi connectivity index (χ1) is 10.6. The zero-order valence-corrected chi connectivity index (χ0v) is 14.9. The van der Waals surface area contributed by atoms with Gasteiger partial charge < -0.3 is 29.3 Å². The summed E-state index contributed by atoms with van der Waals surface area (Å²) in [4.78, 5) is 46.9. The SMILES string of the molecule is CC(C)(C)OC(=O)C(CCC(=O)[O-])(CC(=O)[O-])C(=O)OC(C)(C)C. The van der Waals surface area contributed by atoms with Crippen molar-refractivity contribution >= 4 is 23.9 Å². The lowest BCUT2D eigenvalue weighted by atomic mass is 9.79. The fourth-order valence-electron chi connectivity index (χ4n) is 1.83. The zero-order valence-electron chi connectivity index (χ0n) is 14.9. The highest BCUT2D eigenvalue weighted by Crippen LogP contribution is 2.35. The quantitative estimate of drug-likeness (QED) is 0.438. The Labute approximate surface area is 141 Å². The highest BCUT2D eigenvalue weighted by Gasteiger charge is 2.50. The Morgan fingerprint density at radius 2 is 1.12 bits per heavy atom. The number of ether oxygens (including phenoxy) is 2. The third-order valence-corrected chi connectivity index (χ3v) is 2.78. The topological polar surface area (TPSA) is 133 Å². The van der Waals surface area contributed by atoms with Gasteiger partial charge in [-0.25, -0.2) is 0 Å². The second-order valence-corrected chi connectivity index (χ2v) is 7.51. The molecule has 0 aromatic rings. The summed E-state index contributed by atoms with van der Waals surface area (Å²) in [5.41, 5.74) is -4.35. The molecule has 0 aliphatic rings. The second-order valence-electron chi connectivity index (χ2n) is 7.51. The molecule has 0 heterocycles. The molecule has 0 atom stereocenters. The van der Waals surface area contributed by atoms with Gasteiger partial charge in [0.05, 0.1) is 0 Å². The van der Waals surface area contributed by atoms with Gasteiger partial charge in [-0.2, -0.15) is 0 Å². The molecule has 8 heteroatoms. The maximum atomic E-state index is 12.5. The van der Waals surface area contributed by atoms with Gasteiger partial charge in [0.15, 0.2) is 5.41 Å². The van der Waals surface area contributed by atoms with Crippen molar-refractivity contribution in [3.8, 4) is 0 Å². The van der Waals surface area contributed by atoms with E-state index in [9.17, 15) is 29.4 Å². The lowest BCUT2D eigenvalue weighted by Crippen LogP contribution is -2.50. The molecule has 0 saturated carbocycles. The van der Waals surface area contributed by atoms with Gasteiger partial charge >= 0.3 is 11.9 Å². The second kappa shape index (κ2) is 7.63. The Balaban J connectivity index is 5.92. The number of hydrogen-bond donors (Lipinski definition) is 0. The molecule has 0 saturated heterocycles. The monoisotopic (exact) mass is 344 g/mol. The van der Waals surface area contributed by atoms with Gasteiger partial charge in [-0.3, -0.25) is 9.59 Å². The van der Waals surface area contributed by atoms with E-state index in [2.05, 4.69) is 0 Å². The van der Waals surface area contributed by atoms with Crippen LogP contribution in [0.2, 0.25) is 0 Å². The van der Waals surface area contributed by atoms with Gasteiger partial charge in [0, 0.05) is 18.4 Å². The van der Waals surface area contributed by atoms with Crippen molar-refractivity contribution in [2.24, 2.45) is 5.41 Å². The van der Waals surface area contributed by atoms with Gasteiger partial charge in [-0.1, -0.05) is 0 Å². The summed E-state index contributed by atoms with van der Waals surface area (Å²) in [5.74, 6) is -5.58. The van der Waals surface area contributed by atoms with E-state index in [-0.39, 0.29) is 0 Å². The van der Waals surface area contributed by atoms with Crippen LogP contribution in [0.25, 0.3) is 0 Å². The van der Waals surface area contributed by atoms with E-state index in [1.165, 1.54) is 41.5 Å². The number of esters is 2. The first-order valence-electron chi connectivity index (χ1n) is 7.46. The Hall–Kier alpha value is -2.12. The third-order valence-electron chi connectivity index (χ3n) is 2.78. The van der Waals surface area contributed by atoms with Gasteiger partial charge in [0.25, 0.3) is 0 Å². The van der Waals surface area contributed by atoms with Crippen molar-refractivity contribution in [3.05, 3.63) is 0 Å². The van der Waals surface area contributed by atoms with Crippen LogP contribution in [0.5, 0.6) is 0 Å². The molecule has 0 aromatic heterocycles. The molecule has 0 spiro atoms. The predicted octanol–water partition coefficient (Wildman–Crippen LogP) is -0.674. The zero-order chi connectivity index (χ0) is 19.3. The summed E-state index contributed by atoms with van der Waals surface area (Å²) in [6.45, 7) is 9.18. The Bertz CT molecular complexity index is 479. The number of carbonyl (C=O) groups excluding carboxylic acids is 4. The maximum absolute atomic E-state index is 12.5. The maximum Gasteiger partial charge on any atom is 0.324 e. The van der Waals surface area contributed by atoms with E-state index in [0.717, 1.165) is 0 Å². The number of carboxylic acid groups (broad SMARTS) is 2. The van der Waals surface area contributed by atoms with E-state index >= 15 is 0 Å². The van der Waals surface area contributed by atoms with Gasteiger partial charge in [0.2, 0.25) is 0 Å². The molecular formula is C16H24O8-2. The fourth-order valence-corrected chi connectivity index (χ4v) is 1.83. The van der Waals surface area contributed by atoms with E-state index in [1.807, 2.05) is 0 Å². The minimum atomic E-state index is -2.32. The van der Waals surface area contributed by atoms with Crippen molar-refractivity contribution in [1.82, 2.24) is 0 Å². The van der Waals surface area contributed by atoms with Crippen LogP contribution in [0.15, 0.2) is 0 Å². The van der Waals surface area contributed by atoms with Crippen molar-refractivity contribution in [2.75, 3.05) is 0 Å². The predicted molar refractivity (Wildman–Crippen MR) is 78.0 cm³/mol. The van der Waals surface area contributed by atoms with Crippen LogP contribution in [0, 0.1) is 5.41 Å². The van der Waals surface area contributed by atoms with Crippen LogP contribution in [0.1, 0.15) is 60.8 Å². The van der Waals surface area contributed by atoms with Crippen LogP contribution >= 0.6 is 0 Å². The van der Waals surface area contributed by atoms with Crippen molar-refractivity contribution in [3.63, 3.8) is 0 Å². The summed E-state index contributed by atoms with van der Waals surface area (Å²) >= 11 is 0. The fraction of sp³-hybridized carbons (Fsp3) is 0.750. The van der Waals surface area contributed by atoms with E-state index < -0.39 is 59.8 Å². The average Bonchev–Trinajstić information content (AvgIpc) is 2.29. The largest absolute Gasteiger partial charge is 0.550 e. The molecule has 0 fully saturated rings. The Kier molecular flexibility index (Phi) is 6.96. The van der Waals surface area contributed by atoms with Crippen LogP contribution in [-0.4, -0.2) is 35.1 Å². The number of aliphatic carboxylic acids is 2. The molecule has 0 amide bonds. The molecule has 0 aromatic carbocycles. The Morgan fingerprint density at radius 1 is 0.750 bits per heavy atom. The van der Waals surface area contributed by atoms with E-state index in [1.54, 1.807) is 0 Å². The molecule has 138 valence electrons. The van der Waals surface area contributed by atoms with Gasteiger partial charge in [-0.05, 0) is 54.4 Å². The normalized spacial score (nSPS) is 12.4. The smallest absolute Gasteiger partial charge is 0.324 e. The van der Waals surface area contributed by atoms with Crippen LogP contribution in [0.4, 0.5) is 0 Å². The molecule has 0 aliphatic carbocycles. The summed E-state index contributed by atoms with van der Waals surface area (Å²) < 4.78 is 10.3. The molecule has 0 bridgehead atoms. The molecule has 0 rings (SSSR count). The van der Waals surface area contributed by atoms with E-state index in [4.69, 9.17) is 9.47 Å². The molecule has 24 heavy (non-hydrogen) atoms. The summed E-state index contributed by atoms with van der Waals surface area (Å²) in [7, 11) is 0. The molecule has 0 N–H and O–H groups in total. The lowest BCUT2D eigenvalue weighted by molar-refractivity contribution is -0.311. The van der Waals surface area contributed by atoms with Crippen molar-refractivity contribution in [1.29, 1.82) is 0 Å². The first kappa shape index (κ1) is 21.9. The lowest BCUT2D eigenvalue weighted by Gasteiger charge is -2.35. The standard InChI is InChI=1S/C16H26O8/c1-14(2,3)23-12(21)16(9-11(19)20,8-7-10(17)18)13(22)24-15(4,5)6/h7-9H2,1-6H3,(H,17,18)(H,19,20)/p-2. The molecular weight excluding hydrogens is 320 g/mol.